The number of hydrogen-bond donors (Lipinski definition) is 1. The highest BCUT2D eigenvalue weighted by atomic mass is 16.5. The Hall–Kier alpha value is -1.02. The highest BCUT2D eigenvalue weighted by Gasteiger charge is 2.39. The smallest absolute Gasteiger partial charge is 0.122 e. The largest absolute Gasteiger partial charge is 0.489 e. The fraction of sp³-hybridized carbons (Fsp3) is 0.684. The fourth-order valence-corrected chi connectivity index (χ4v) is 3.51. The van der Waals surface area contributed by atoms with Gasteiger partial charge in [-0.25, -0.2) is 0 Å². The molecule has 1 aromatic rings. The quantitative estimate of drug-likeness (QED) is 0.853. The maximum atomic E-state index is 6.42. The van der Waals surface area contributed by atoms with Crippen molar-refractivity contribution in [1.82, 2.24) is 5.32 Å². The first-order valence-electron chi connectivity index (χ1n) is 8.41. The topological polar surface area (TPSA) is 21.3 Å². The third-order valence-electron chi connectivity index (χ3n) is 4.75. The summed E-state index contributed by atoms with van der Waals surface area (Å²) >= 11 is 0. The molecule has 2 atom stereocenters. The molecule has 1 fully saturated rings. The van der Waals surface area contributed by atoms with Crippen LogP contribution in [0.4, 0.5) is 0 Å². The van der Waals surface area contributed by atoms with Crippen LogP contribution >= 0.6 is 0 Å². The summed E-state index contributed by atoms with van der Waals surface area (Å²) in [6.07, 6.45) is 5.14. The van der Waals surface area contributed by atoms with Crippen molar-refractivity contribution in [2.75, 3.05) is 6.54 Å². The minimum absolute atomic E-state index is 0.279. The van der Waals surface area contributed by atoms with Crippen LogP contribution in [0.5, 0.6) is 5.75 Å². The lowest BCUT2D eigenvalue weighted by molar-refractivity contribution is 0.0360. The van der Waals surface area contributed by atoms with Gasteiger partial charge in [-0.2, -0.15) is 0 Å². The molecule has 0 saturated heterocycles. The van der Waals surface area contributed by atoms with Crippen molar-refractivity contribution < 1.29 is 4.74 Å². The van der Waals surface area contributed by atoms with E-state index < -0.39 is 0 Å². The lowest BCUT2D eigenvalue weighted by Gasteiger charge is -2.44. The molecule has 0 radical (unpaired) electrons. The first kappa shape index (κ1) is 16.4. The van der Waals surface area contributed by atoms with Crippen LogP contribution < -0.4 is 10.1 Å². The molecule has 0 amide bonds. The number of benzene rings is 1. The van der Waals surface area contributed by atoms with Crippen LogP contribution in [0, 0.1) is 19.3 Å². The summed E-state index contributed by atoms with van der Waals surface area (Å²) in [6.45, 7) is 12.3. The van der Waals surface area contributed by atoms with Gasteiger partial charge in [-0.1, -0.05) is 38.5 Å². The monoisotopic (exact) mass is 289 g/mol. The van der Waals surface area contributed by atoms with Crippen molar-refractivity contribution >= 4 is 0 Å². The minimum atomic E-state index is 0.279. The van der Waals surface area contributed by atoms with E-state index in [-0.39, 0.29) is 6.10 Å². The average Bonchev–Trinajstić information content (AvgIpc) is 2.40. The second kappa shape index (κ2) is 6.83. The molecule has 0 aliphatic heterocycles. The Bertz CT molecular complexity index is 467. The van der Waals surface area contributed by atoms with Crippen molar-refractivity contribution in [3.8, 4) is 5.75 Å². The van der Waals surface area contributed by atoms with Crippen LogP contribution in [-0.2, 0) is 0 Å². The molecule has 1 aromatic carbocycles. The molecule has 1 N–H and O–H groups in total. The van der Waals surface area contributed by atoms with E-state index in [1.807, 2.05) is 0 Å². The van der Waals surface area contributed by atoms with Crippen molar-refractivity contribution in [1.29, 1.82) is 0 Å². The Balaban J connectivity index is 2.15. The molecule has 0 heterocycles. The van der Waals surface area contributed by atoms with Gasteiger partial charge in [-0.3, -0.25) is 0 Å². The molecule has 2 heteroatoms. The second-order valence-electron chi connectivity index (χ2n) is 7.24. The van der Waals surface area contributed by atoms with Gasteiger partial charge < -0.3 is 10.1 Å². The van der Waals surface area contributed by atoms with Crippen LogP contribution in [0.2, 0.25) is 0 Å². The number of aryl methyl sites for hydroxylation is 2. The standard InChI is InChI=1S/C19H31NO/c1-6-12-20-18-17(8-7-11-19(18,4)5)21-16-10-9-14(2)13-15(16)3/h9-10,13,17-18,20H,6-8,11-12H2,1-5H3. The molecular weight excluding hydrogens is 258 g/mol. The number of ether oxygens (including phenoxy) is 1. The van der Waals surface area contributed by atoms with Crippen molar-refractivity contribution in [2.45, 2.75) is 72.4 Å². The van der Waals surface area contributed by atoms with Crippen LogP contribution in [0.15, 0.2) is 18.2 Å². The molecule has 0 bridgehead atoms. The van der Waals surface area contributed by atoms with Crippen LogP contribution in [0.1, 0.15) is 57.6 Å². The third kappa shape index (κ3) is 4.00. The Morgan fingerprint density at radius 1 is 1.29 bits per heavy atom. The molecule has 0 aromatic heterocycles. The lowest BCUT2D eigenvalue weighted by atomic mass is 9.71. The Kier molecular flexibility index (Phi) is 5.32. The Morgan fingerprint density at radius 3 is 2.71 bits per heavy atom. The maximum Gasteiger partial charge on any atom is 0.122 e. The molecule has 1 aliphatic carbocycles. The molecule has 1 aliphatic rings. The van der Waals surface area contributed by atoms with Gasteiger partial charge >= 0.3 is 0 Å². The molecule has 1 saturated carbocycles. The molecular formula is C19H31NO. The van der Waals surface area contributed by atoms with E-state index in [4.69, 9.17) is 4.74 Å². The zero-order valence-corrected chi connectivity index (χ0v) is 14.3. The SMILES string of the molecule is CCCNC1C(Oc2ccc(C)cc2C)CCCC1(C)C. The van der Waals surface area contributed by atoms with Crippen LogP contribution in [0.25, 0.3) is 0 Å². The summed E-state index contributed by atoms with van der Waals surface area (Å²) in [5.74, 6) is 1.05. The zero-order chi connectivity index (χ0) is 15.5. The Labute approximate surface area is 130 Å². The molecule has 2 nitrogen and oxygen atoms in total. The second-order valence-corrected chi connectivity index (χ2v) is 7.24. The summed E-state index contributed by atoms with van der Waals surface area (Å²) in [5, 5.41) is 3.74. The summed E-state index contributed by atoms with van der Waals surface area (Å²) < 4.78 is 6.42. The van der Waals surface area contributed by atoms with Crippen LogP contribution in [0.3, 0.4) is 0 Å². The molecule has 2 rings (SSSR count). The van der Waals surface area contributed by atoms with Gasteiger partial charge in [-0.15, -0.1) is 0 Å². The van der Waals surface area contributed by atoms with E-state index >= 15 is 0 Å². The predicted molar refractivity (Wildman–Crippen MR) is 90.0 cm³/mol. The summed E-state index contributed by atoms with van der Waals surface area (Å²) in [4.78, 5) is 0. The minimum Gasteiger partial charge on any atom is -0.489 e. The highest BCUT2D eigenvalue weighted by molar-refractivity contribution is 5.36. The van der Waals surface area contributed by atoms with Gasteiger partial charge in [0.15, 0.2) is 0 Å². The fourth-order valence-electron chi connectivity index (χ4n) is 3.51. The van der Waals surface area contributed by atoms with Gasteiger partial charge in [0.1, 0.15) is 11.9 Å². The maximum absolute atomic E-state index is 6.42. The first-order valence-corrected chi connectivity index (χ1v) is 8.41. The van der Waals surface area contributed by atoms with Gasteiger partial charge in [0.05, 0.1) is 0 Å². The van der Waals surface area contributed by atoms with E-state index in [1.54, 1.807) is 0 Å². The normalized spacial score (nSPS) is 24.8. The van der Waals surface area contributed by atoms with Crippen LogP contribution in [-0.4, -0.2) is 18.7 Å². The van der Waals surface area contributed by atoms with Crippen molar-refractivity contribution in [2.24, 2.45) is 5.41 Å². The number of rotatable bonds is 5. The third-order valence-corrected chi connectivity index (χ3v) is 4.75. The zero-order valence-electron chi connectivity index (χ0n) is 14.3. The van der Waals surface area contributed by atoms with E-state index in [0.29, 0.717) is 11.5 Å². The van der Waals surface area contributed by atoms with E-state index in [9.17, 15) is 0 Å². The molecule has 0 spiro atoms. The van der Waals surface area contributed by atoms with Gasteiger partial charge in [0, 0.05) is 6.04 Å². The van der Waals surface area contributed by atoms with Gasteiger partial charge in [0.25, 0.3) is 0 Å². The van der Waals surface area contributed by atoms with E-state index in [2.05, 4.69) is 58.1 Å². The average molecular weight is 289 g/mol. The first-order chi connectivity index (χ1) is 9.94. The van der Waals surface area contributed by atoms with E-state index in [0.717, 1.165) is 18.7 Å². The lowest BCUT2D eigenvalue weighted by Crippen LogP contribution is -2.54. The summed E-state index contributed by atoms with van der Waals surface area (Å²) in [7, 11) is 0. The highest BCUT2D eigenvalue weighted by Crippen LogP contribution is 2.38. The van der Waals surface area contributed by atoms with Gasteiger partial charge in [-0.05, 0) is 63.1 Å². The van der Waals surface area contributed by atoms with Crippen molar-refractivity contribution in [3.05, 3.63) is 29.3 Å². The molecule has 118 valence electrons. The number of hydrogen-bond acceptors (Lipinski definition) is 2. The van der Waals surface area contributed by atoms with Gasteiger partial charge in [0.2, 0.25) is 0 Å². The molecule has 2 unspecified atom stereocenters. The van der Waals surface area contributed by atoms with Crippen molar-refractivity contribution in [3.63, 3.8) is 0 Å². The van der Waals surface area contributed by atoms with E-state index in [1.165, 1.54) is 30.4 Å². The molecule has 21 heavy (non-hydrogen) atoms. The Morgan fingerprint density at radius 2 is 2.05 bits per heavy atom. The summed E-state index contributed by atoms with van der Waals surface area (Å²) in [6, 6.07) is 6.91. The number of nitrogens with one attached hydrogen (secondary N) is 1. The predicted octanol–water partition coefficient (Wildman–Crippen LogP) is 4.63. The summed E-state index contributed by atoms with van der Waals surface area (Å²) in [5.41, 5.74) is 2.84.